The third-order valence-electron chi connectivity index (χ3n) is 3.36. The maximum absolute atomic E-state index is 12.0. The van der Waals surface area contributed by atoms with Crippen molar-refractivity contribution in [2.75, 3.05) is 6.54 Å². The van der Waals surface area contributed by atoms with Crippen LogP contribution in [0.5, 0.6) is 0 Å². The van der Waals surface area contributed by atoms with Gasteiger partial charge >= 0.3 is 0 Å². The number of rotatable bonds is 4. The van der Waals surface area contributed by atoms with Crippen molar-refractivity contribution in [1.82, 2.24) is 9.71 Å². The molecular weight excluding hydrogens is 252 g/mol. The van der Waals surface area contributed by atoms with Crippen molar-refractivity contribution in [3.63, 3.8) is 0 Å². The molecule has 1 aliphatic rings. The first-order valence-electron chi connectivity index (χ1n) is 6.26. The van der Waals surface area contributed by atoms with E-state index in [-0.39, 0.29) is 4.90 Å². The van der Waals surface area contributed by atoms with Gasteiger partial charge in [-0.2, -0.15) is 0 Å². The van der Waals surface area contributed by atoms with Crippen LogP contribution in [0.15, 0.2) is 28.2 Å². The minimum atomic E-state index is -3.68. The summed E-state index contributed by atoms with van der Waals surface area (Å²) in [6.45, 7) is 0.427. The van der Waals surface area contributed by atoms with Gasteiger partial charge in [-0.15, -0.1) is 0 Å². The van der Waals surface area contributed by atoms with Gasteiger partial charge in [0.2, 0.25) is 15.5 Å². The summed E-state index contributed by atoms with van der Waals surface area (Å²) in [5, 5.41) is 0. The predicted molar refractivity (Wildman–Crippen MR) is 68.8 cm³/mol. The second kappa shape index (κ2) is 5.67. The van der Waals surface area contributed by atoms with E-state index in [4.69, 9.17) is 0 Å². The normalized spacial score (nSPS) is 17.8. The average Bonchev–Trinajstić information content (AvgIpc) is 2.38. The Labute approximate surface area is 107 Å². The zero-order valence-corrected chi connectivity index (χ0v) is 11.0. The highest BCUT2D eigenvalue weighted by Gasteiger charge is 2.20. The highest BCUT2D eigenvalue weighted by Crippen LogP contribution is 2.23. The van der Waals surface area contributed by atoms with E-state index in [9.17, 15) is 13.2 Å². The van der Waals surface area contributed by atoms with Crippen molar-refractivity contribution in [2.45, 2.75) is 37.0 Å². The Morgan fingerprint density at radius 3 is 2.67 bits per heavy atom. The van der Waals surface area contributed by atoms with E-state index in [1.807, 2.05) is 0 Å². The van der Waals surface area contributed by atoms with Gasteiger partial charge in [0.15, 0.2) is 0 Å². The summed E-state index contributed by atoms with van der Waals surface area (Å²) in [4.78, 5) is 13.9. The molecule has 0 bridgehead atoms. The standard InChI is InChI=1S/C12H18N2O3S/c15-11-6-7-13-9-12(11)18(16,17)14-8-10-4-2-1-3-5-10/h6-7,9-10,14H,1-5,8H2,(H,13,15). The number of aromatic amines is 1. The number of nitrogens with one attached hydrogen (secondary N) is 2. The molecule has 0 aliphatic heterocycles. The molecule has 1 saturated carbocycles. The molecule has 1 fully saturated rings. The molecule has 1 heterocycles. The van der Waals surface area contributed by atoms with Gasteiger partial charge in [0.1, 0.15) is 4.90 Å². The van der Waals surface area contributed by atoms with Crippen LogP contribution in [0.3, 0.4) is 0 Å². The quantitative estimate of drug-likeness (QED) is 0.863. The van der Waals surface area contributed by atoms with E-state index in [0.717, 1.165) is 25.7 Å². The largest absolute Gasteiger partial charge is 0.366 e. The fourth-order valence-corrected chi connectivity index (χ4v) is 3.47. The molecule has 0 spiro atoms. The fourth-order valence-electron chi connectivity index (χ4n) is 2.31. The van der Waals surface area contributed by atoms with Gasteiger partial charge in [-0.05, 0) is 18.8 Å². The van der Waals surface area contributed by atoms with E-state index in [1.54, 1.807) is 0 Å². The van der Waals surface area contributed by atoms with Crippen LogP contribution in [0, 0.1) is 5.92 Å². The zero-order valence-electron chi connectivity index (χ0n) is 10.2. The van der Waals surface area contributed by atoms with Gasteiger partial charge in [0.25, 0.3) is 0 Å². The van der Waals surface area contributed by atoms with Crippen molar-refractivity contribution >= 4 is 10.0 Å². The molecule has 0 atom stereocenters. The Balaban J connectivity index is 2.03. The van der Waals surface area contributed by atoms with Crippen LogP contribution in [0.1, 0.15) is 32.1 Å². The molecule has 6 heteroatoms. The van der Waals surface area contributed by atoms with Crippen LogP contribution < -0.4 is 10.2 Å². The van der Waals surface area contributed by atoms with Crippen molar-refractivity contribution < 1.29 is 8.42 Å². The van der Waals surface area contributed by atoms with Crippen LogP contribution in [0.4, 0.5) is 0 Å². The minimum Gasteiger partial charge on any atom is -0.366 e. The molecule has 0 saturated heterocycles. The summed E-state index contributed by atoms with van der Waals surface area (Å²) in [7, 11) is -3.68. The molecule has 0 amide bonds. The smallest absolute Gasteiger partial charge is 0.245 e. The van der Waals surface area contributed by atoms with Crippen molar-refractivity contribution in [1.29, 1.82) is 0 Å². The van der Waals surface area contributed by atoms with Crippen LogP contribution in [-0.2, 0) is 10.0 Å². The van der Waals surface area contributed by atoms with Gasteiger partial charge < -0.3 is 4.98 Å². The number of sulfonamides is 1. The van der Waals surface area contributed by atoms with Crippen molar-refractivity contribution in [3.8, 4) is 0 Å². The van der Waals surface area contributed by atoms with Gasteiger partial charge in [-0.3, -0.25) is 4.79 Å². The molecule has 0 aromatic carbocycles. The molecule has 2 rings (SSSR count). The van der Waals surface area contributed by atoms with Gasteiger partial charge in [-0.1, -0.05) is 19.3 Å². The van der Waals surface area contributed by atoms with E-state index >= 15 is 0 Å². The highest BCUT2D eigenvalue weighted by atomic mass is 32.2. The minimum absolute atomic E-state index is 0.208. The lowest BCUT2D eigenvalue weighted by molar-refractivity contribution is 0.357. The summed E-state index contributed by atoms with van der Waals surface area (Å²) >= 11 is 0. The second-order valence-corrected chi connectivity index (χ2v) is 6.46. The van der Waals surface area contributed by atoms with E-state index < -0.39 is 15.5 Å². The second-order valence-electron chi connectivity index (χ2n) is 4.73. The number of hydrogen-bond acceptors (Lipinski definition) is 3. The number of aromatic nitrogens is 1. The summed E-state index contributed by atoms with van der Waals surface area (Å²) in [5.74, 6) is 0.399. The Kier molecular flexibility index (Phi) is 4.19. The Morgan fingerprint density at radius 2 is 2.00 bits per heavy atom. The summed E-state index contributed by atoms with van der Waals surface area (Å²) in [6, 6.07) is 1.22. The van der Waals surface area contributed by atoms with Gasteiger partial charge in [0, 0.05) is 25.0 Å². The van der Waals surface area contributed by atoms with E-state index in [2.05, 4.69) is 9.71 Å². The maximum atomic E-state index is 12.0. The maximum Gasteiger partial charge on any atom is 0.245 e. The predicted octanol–water partition coefficient (Wildman–Crippen LogP) is 1.23. The zero-order chi connectivity index (χ0) is 13.0. The molecule has 100 valence electrons. The molecule has 1 aromatic rings. The van der Waals surface area contributed by atoms with Crippen LogP contribution >= 0.6 is 0 Å². The first kappa shape index (κ1) is 13.3. The topological polar surface area (TPSA) is 79.0 Å². The first-order chi connectivity index (χ1) is 8.59. The molecule has 0 radical (unpaired) electrons. The van der Waals surface area contributed by atoms with Crippen molar-refractivity contribution in [2.24, 2.45) is 5.92 Å². The van der Waals surface area contributed by atoms with E-state index in [0.29, 0.717) is 12.5 Å². The molecule has 1 aliphatic carbocycles. The number of pyridine rings is 1. The van der Waals surface area contributed by atoms with Crippen LogP contribution in [0.25, 0.3) is 0 Å². The lowest BCUT2D eigenvalue weighted by atomic mass is 9.90. The molecular formula is C12H18N2O3S. The molecule has 2 N–H and O–H groups in total. The van der Waals surface area contributed by atoms with Crippen LogP contribution in [0.2, 0.25) is 0 Å². The fraction of sp³-hybridized carbons (Fsp3) is 0.583. The van der Waals surface area contributed by atoms with Gasteiger partial charge in [0.05, 0.1) is 0 Å². The summed E-state index contributed by atoms with van der Waals surface area (Å²) in [5.41, 5.74) is -0.482. The van der Waals surface area contributed by atoms with Crippen molar-refractivity contribution in [3.05, 3.63) is 28.7 Å². The van der Waals surface area contributed by atoms with E-state index in [1.165, 1.54) is 24.9 Å². The molecule has 5 nitrogen and oxygen atoms in total. The van der Waals surface area contributed by atoms with Gasteiger partial charge in [-0.25, -0.2) is 13.1 Å². The Hall–Kier alpha value is -1.14. The highest BCUT2D eigenvalue weighted by molar-refractivity contribution is 7.89. The SMILES string of the molecule is O=c1cc[nH]cc1S(=O)(=O)NCC1CCCCC1. The number of hydrogen-bond donors (Lipinski definition) is 2. The summed E-state index contributed by atoms with van der Waals surface area (Å²) in [6.07, 6.45) is 8.34. The average molecular weight is 270 g/mol. The third kappa shape index (κ3) is 3.20. The number of H-pyrrole nitrogens is 1. The molecule has 1 aromatic heterocycles. The monoisotopic (exact) mass is 270 g/mol. The first-order valence-corrected chi connectivity index (χ1v) is 7.75. The Bertz CT molecular complexity index is 544. The molecule has 18 heavy (non-hydrogen) atoms. The lowest BCUT2D eigenvalue weighted by Gasteiger charge is -2.21. The molecule has 0 unspecified atom stereocenters. The third-order valence-corrected chi connectivity index (χ3v) is 4.81. The lowest BCUT2D eigenvalue weighted by Crippen LogP contribution is -2.33. The summed E-state index contributed by atoms with van der Waals surface area (Å²) < 4.78 is 26.5. The van der Waals surface area contributed by atoms with Crippen LogP contribution in [-0.4, -0.2) is 19.9 Å². The Morgan fingerprint density at radius 1 is 1.28 bits per heavy atom.